The molecule has 12 nitrogen and oxygen atoms in total. The van der Waals surface area contributed by atoms with Crippen LogP contribution in [0.25, 0.3) is 0 Å². The molecular weight excluding hydrogens is 685 g/mol. The van der Waals surface area contributed by atoms with Crippen LogP contribution in [0.5, 0.6) is 0 Å². The van der Waals surface area contributed by atoms with Gasteiger partial charge < -0.3 is 23.8 Å². The van der Waals surface area contributed by atoms with Crippen LogP contribution in [0, 0.1) is 0 Å². The summed E-state index contributed by atoms with van der Waals surface area (Å²) in [6.45, 7) is 8.93. The Bertz CT molecular complexity index is 1960. The Kier molecular flexibility index (Phi) is 11.8. The number of carboxylic acid groups (broad SMARTS) is 1. The molecule has 14 heteroatoms. The first-order chi connectivity index (χ1) is 23.3. The summed E-state index contributed by atoms with van der Waals surface area (Å²) in [5.41, 5.74) is 3.26. The molecule has 0 atom stereocenters. The first-order valence-electron chi connectivity index (χ1n) is 16.6. The van der Waals surface area contributed by atoms with E-state index in [0.29, 0.717) is 56.3 Å². The van der Waals surface area contributed by atoms with Gasteiger partial charge in [0.2, 0.25) is 5.69 Å². The maximum Gasteiger partial charge on any atom is 0.305 e. The third-order valence-corrected chi connectivity index (χ3v) is 11.2. The van der Waals surface area contributed by atoms with Crippen molar-refractivity contribution in [2.75, 3.05) is 25.1 Å². The van der Waals surface area contributed by atoms with Crippen LogP contribution >= 0.6 is 0 Å². The number of ether oxygens (including phenoxy) is 1. The minimum Gasteiger partial charge on any atom is -0.744 e. The van der Waals surface area contributed by atoms with E-state index in [0.717, 1.165) is 35.6 Å². The van der Waals surface area contributed by atoms with E-state index in [4.69, 9.17) is 9.84 Å². The Labute approximate surface area is 294 Å². The highest BCUT2D eigenvalue weighted by Crippen LogP contribution is 2.49. The molecule has 2 aliphatic heterocycles. The maximum atomic E-state index is 11.9. The van der Waals surface area contributed by atoms with Crippen molar-refractivity contribution in [3.05, 3.63) is 71.5 Å². The second-order valence-corrected chi connectivity index (χ2v) is 16.5. The molecule has 2 aromatic rings. The van der Waals surface area contributed by atoms with Gasteiger partial charge >= 0.3 is 11.9 Å². The average Bonchev–Trinajstić information content (AvgIpc) is 3.37. The van der Waals surface area contributed by atoms with Crippen molar-refractivity contribution in [2.24, 2.45) is 0 Å². The number of allylic oxidation sites excluding steroid dienone is 4. The van der Waals surface area contributed by atoms with Crippen LogP contribution in [0.3, 0.4) is 0 Å². The van der Waals surface area contributed by atoms with Gasteiger partial charge in [-0.1, -0.05) is 26.3 Å². The Hall–Kier alpha value is -3.85. The molecule has 1 N–H and O–H groups in total. The summed E-state index contributed by atoms with van der Waals surface area (Å²) < 4.78 is 78.4. The molecule has 0 aromatic heterocycles. The number of carboxylic acids is 1. The van der Waals surface area contributed by atoms with Gasteiger partial charge in [0.1, 0.15) is 26.8 Å². The monoisotopic (exact) mass is 729 g/mol. The van der Waals surface area contributed by atoms with Gasteiger partial charge in [0.15, 0.2) is 5.71 Å². The third-order valence-electron chi connectivity index (χ3n) is 9.57. The molecule has 2 heterocycles. The number of nitrogens with zero attached hydrogens (tertiary/aromatic N) is 2. The SMILES string of the molecule is COC(=O)CCCCCN1C(=CC=CC2=[N+](CCCCCC(=O)O)c3ccc(S(=O)(=O)[O-])cc3C2(C)C)C(C)(C)c2cc(S(=O)(=O)[O-])ccc21. The van der Waals surface area contributed by atoms with E-state index in [1.807, 2.05) is 45.9 Å². The lowest BCUT2D eigenvalue weighted by Crippen LogP contribution is -2.28. The Morgan fingerprint density at radius 3 is 2.06 bits per heavy atom. The van der Waals surface area contributed by atoms with E-state index in [1.165, 1.54) is 31.4 Å². The molecule has 0 radical (unpaired) electrons. The summed E-state index contributed by atoms with van der Waals surface area (Å²) in [7, 11) is -8.03. The van der Waals surface area contributed by atoms with E-state index >= 15 is 0 Å². The molecule has 0 spiro atoms. The quantitative estimate of drug-likeness (QED) is 0.0998. The summed E-state index contributed by atoms with van der Waals surface area (Å²) in [6, 6.07) is 8.78. The topological polar surface area (TPSA) is 184 Å². The number of hydrogen-bond acceptors (Lipinski definition) is 10. The number of unbranched alkanes of at least 4 members (excludes halogenated alkanes) is 4. The molecule has 0 aliphatic carbocycles. The van der Waals surface area contributed by atoms with Crippen molar-refractivity contribution < 1.29 is 49.9 Å². The molecule has 2 aliphatic rings. The van der Waals surface area contributed by atoms with Crippen molar-refractivity contribution in [1.29, 1.82) is 0 Å². The summed E-state index contributed by atoms with van der Waals surface area (Å²) >= 11 is 0. The highest BCUT2D eigenvalue weighted by Gasteiger charge is 2.45. The average molecular weight is 730 g/mol. The first kappa shape index (κ1) is 38.9. The predicted molar refractivity (Wildman–Crippen MR) is 186 cm³/mol. The zero-order valence-electron chi connectivity index (χ0n) is 29.1. The van der Waals surface area contributed by atoms with Crippen LogP contribution in [-0.2, 0) is 45.4 Å². The number of esters is 1. The molecule has 4 rings (SSSR count). The Morgan fingerprint density at radius 1 is 0.840 bits per heavy atom. The van der Waals surface area contributed by atoms with Crippen LogP contribution < -0.4 is 4.90 Å². The van der Waals surface area contributed by atoms with E-state index in [-0.39, 0.29) is 22.2 Å². The lowest BCUT2D eigenvalue weighted by atomic mass is 9.81. The van der Waals surface area contributed by atoms with Crippen LogP contribution in [0.2, 0.25) is 0 Å². The molecule has 0 saturated carbocycles. The van der Waals surface area contributed by atoms with Crippen molar-refractivity contribution in [3.63, 3.8) is 0 Å². The van der Waals surface area contributed by atoms with Gasteiger partial charge in [0.25, 0.3) is 0 Å². The highest BCUT2D eigenvalue weighted by molar-refractivity contribution is 7.86. The van der Waals surface area contributed by atoms with E-state index in [1.54, 1.807) is 12.1 Å². The third kappa shape index (κ3) is 8.53. The van der Waals surface area contributed by atoms with Gasteiger partial charge in [0.05, 0.1) is 22.3 Å². The number of carbonyl (C=O) groups is 2. The number of hydrogen-bond donors (Lipinski definition) is 1. The van der Waals surface area contributed by atoms with Gasteiger partial charge in [-0.2, -0.15) is 4.58 Å². The zero-order chi connectivity index (χ0) is 37.1. The lowest BCUT2D eigenvalue weighted by molar-refractivity contribution is -0.438. The fraction of sp³-hybridized carbons (Fsp3) is 0.472. The van der Waals surface area contributed by atoms with E-state index in [2.05, 4.69) is 9.48 Å². The van der Waals surface area contributed by atoms with E-state index in [9.17, 15) is 35.5 Å². The van der Waals surface area contributed by atoms with Crippen molar-refractivity contribution in [3.8, 4) is 0 Å². The summed E-state index contributed by atoms with van der Waals surface area (Å²) in [6.07, 6.45) is 10.2. The van der Waals surface area contributed by atoms with E-state index < -0.39 is 37.0 Å². The molecule has 2 aromatic carbocycles. The Morgan fingerprint density at radius 2 is 1.44 bits per heavy atom. The fourth-order valence-corrected chi connectivity index (χ4v) is 7.87. The van der Waals surface area contributed by atoms with Gasteiger partial charge in [-0.05, 0) is 81.5 Å². The number of aliphatic carboxylic acids is 1. The van der Waals surface area contributed by atoms with Crippen LogP contribution in [0.1, 0.15) is 90.2 Å². The minimum atomic E-state index is -4.69. The minimum absolute atomic E-state index is 0.0685. The smallest absolute Gasteiger partial charge is 0.305 e. The van der Waals surface area contributed by atoms with Gasteiger partial charge in [0, 0.05) is 60.3 Å². The maximum absolute atomic E-state index is 11.9. The highest BCUT2D eigenvalue weighted by atomic mass is 32.2. The molecule has 0 saturated heterocycles. The van der Waals surface area contributed by atoms with Gasteiger partial charge in [-0.15, -0.1) is 0 Å². The standard InChI is InChI=1S/C36H46N2O10S2/c1-35(2)27-23-25(49(42,43)44)17-19-29(27)37(21-10-6-8-15-33(39)40)31(35)13-12-14-32-36(3,4)28-24-26(50(45,46)47)18-20-30(28)38(32)22-11-7-9-16-34(41)48-5/h12-14,17-20,23-24H,6-11,15-16,21-22H2,1-5H3,(H2-,39,40,42,43,44,45,46,47)/p-1. The largest absolute Gasteiger partial charge is 0.744 e. The number of anilines is 1. The molecule has 0 bridgehead atoms. The van der Waals surface area contributed by atoms with Crippen molar-refractivity contribution in [2.45, 2.75) is 99.7 Å². The normalized spacial score (nSPS) is 17.4. The number of benzene rings is 2. The number of fused-ring (bicyclic) bond motifs is 2. The van der Waals surface area contributed by atoms with Crippen molar-refractivity contribution >= 4 is 49.3 Å². The second-order valence-electron chi connectivity index (χ2n) is 13.7. The molecule has 0 unspecified atom stereocenters. The lowest BCUT2D eigenvalue weighted by Gasteiger charge is -2.27. The summed E-state index contributed by atoms with van der Waals surface area (Å²) in [5.74, 6) is -1.13. The van der Waals surface area contributed by atoms with Crippen LogP contribution in [0.4, 0.5) is 11.4 Å². The second kappa shape index (κ2) is 15.2. The van der Waals surface area contributed by atoms with Crippen LogP contribution in [0.15, 0.2) is 70.1 Å². The van der Waals surface area contributed by atoms with Crippen molar-refractivity contribution in [1.82, 2.24) is 0 Å². The predicted octanol–water partition coefficient (Wildman–Crippen LogP) is 5.49. The molecular formula is C36H45N2O10S2-. The zero-order valence-corrected chi connectivity index (χ0v) is 30.7. The van der Waals surface area contributed by atoms with Gasteiger partial charge in [-0.25, -0.2) is 16.8 Å². The van der Waals surface area contributed by atoms with Gasteiger partial charge in [-0.3, -0.25) is 9.59 Å². The number of rotatable bonds is 16. The summed E-state index contributed by atoms with van der Waals surface area (Å²) in [5, 5.41) is 9.04. The fourth-order valence-electron chi connectivity index (χ4n) is 6.87. The molecule has 50 heavy (non-hydrogen) atoms. The number of methoxy groups -OCH3 is 1. The summed E-state index contributed by atoms with van der Waals surface area (Å²) in [4.78, 5) is 24.1. The Balaban J connectivity index is 1.73. The molecule has 0 fully saturated rings. The van der Waals surface area contributed by atoms with Crippen LogP contribution in [-0.4, -0.2) is 73.5 Å². The first-order valence-corrected chi connectivity index (χ1v) is 19.4. The molecule has 272 valence electrons. The molecule has 0 amide bonds. The number of carbonyl (C=O) groups excluding carboxylic acids is 1.